The van der Waals surface area contributed by atoms with E-state index in [4.69, 9.17) is 0 Å². The molecule has 0 aliphatic heterocycles. The molecule has 1 atom stereocenters. The molecule has 0 amide bonds. The number of benzene rings is 3. The molecule has 0 spiro atoms. The number of aryl methyl sites for hydroxylation is 3. The first kappa shape index (κ1) is 29.7. The molecule has 1 nitrogen and oxygen atoms in total. The summed E-state index contributed by atoms with van der Waals surface area (Å²) in [5.74, 6) is 0.529. The van der Waals surface area contributed by atoms with Gasteiger partial charge in [-0.15, -0.1) is 24.8 Å². The van der Waals surface area contributed by atoms with Crippen molar-refractivity contribution in [3.8, 4) is 0 Å². The fraction of sp³-hybridized carbons (Fsp3) is 0.267. The number of rotatable bonds is 6. The van der Waals surface area contributed by atoms with E-state index in [9.17, 15) is 0 Å². The van der Waals surface area contributed by atoms with Crippen molar-refractivity contribution in [1.82, 2.24) is 0 Å². The van der Waals surface area contributed by atoms with Crippen LogP contribution >= 0.6 is 24.8 Å². The summed E-state index contributed by atoms with van der Waals surface area (Å²) in [7, 11) is 0. The van der Waals surface area contributed by atoms with Crippen LogP contribution in [0.3, 0.4) is 0 Å². The maximum atomic E-state index is 4.33. The molecule has 0 radical (unpaired) electrons. The fourth-order valence-corrected chi connectivity index (χ4v) is 21.0. The van der Waals surface area contributed by atoms with Gasteiger partial charge in [0, 0.05) is 0 Å². The summed E-state index contributed by atoms with van der Waals surface area (Å²) in [4.78, 5) is 0. The average molecular weight is 560 g/mol. The normalized spacial score (nSPS) is 15.1. The molecule has 0 fully saturated rings. The SMILES string of the molecule is CC1=C(C)C(C)[C]([Ti]([NH]c2c(C)cc(C)cc2C)[SiH](c2ccccc2)c2ccccc2)=C1C.Cl.Cl. The van der Waals surface area contributed by atoms with Gasteiger partial charge in [0.25, 0.3) is 0 Å². The first-order valence-corrected chi connectivity index (χ1v) is 18.0. The summed E-state index contributed by atoms with van der Waals surface area (Å²) in [6.07, 6.45) is 0. The van der Waals surface area contributed by atoms with Gasteiger partial charge in [-0.05, 0) is 0 Å². The van der Waals surface area contributed by atoms with Crippen molar-refractivity contribution in [2.75, 3.05) is 3.80 Å². The van der Waals surface area contributed by atoms with Crippen LogP contribution in [0.4, 0.5) is 5.69 Å². The van der Waals surface area contributed by atoms with E-state index >= 15 is 0 Å². The number of nitrogens with one attached hydrogen (secondary N) is 1. The predicted molar refractivity (Wildman–Crippen MR) is 158 cm³/mol. The van der Waals surface area contributed by atoms with Crippen molar-refractivity contribution in [3.63, 3.8) is 0 Å². The molecule has 0 bridgehead atoms. The van der Waals surface area contributed by atoms with E-state index in [-0.39, 0.29) is 24.8 Å². The summed E-state index contributed by atoms with van der Waals surface area (Å²) in [6, 6.07) is 27.4. The van der Waals surface area contributed by atoms with Gasteiger partial charge >= 0.3 is 208 Å². The van der Waals surface area contributed by atoms with Crippen LogP contribution in [0.2, 0.25) is 0 Å². The van der Waals surface area contributed by atoms with Gasteiger partial charge in [0.2, 0.25) is 0 Å². The Bertz CT molecular complexity index is 1160. The Morgan fingerprint density at radius 1 is 0.686 bits per heavy atom. The number of anilines is 1. The van der Waals surface area contributed by atoms with Crippen molar-refractivity contribution in [2.24, 2.45) is 5.92 Å². The molecule has 0 heterocycles. The Hall–Kier alpha value is -1.55. The third kappa shape index (κ3) is 6.06. The molecular formula is C30H38Cl2NSiTi. The zero-order valence-corrected chi connectivity index (χ0v) is 26.2. The number of hydrogen-bond donors (Lipinski definition) is 1. The van der Waals surface area contributed by atoms with Crippen molar-refractivity contribution in [2.45, 2.75) is 48.5 Å². The first-order chi connectivity index (χ1) is 15.8. The standard InChI is InChI=1S/C12H11Si.C9H12N.C9H13.2ClH.Ti/c1-3-7-11(8-4-1)13-12-9-5-2-6-10-12;1-6-4-7(2)9(10)8(3)5-6;1-6-5-7(2)9(4)8(6)3;;;/h1-10,13H;4-5,10H,1-3H3;6H,1-4H3;2*1H;/q;-1;;;;+1. The van der Waals surface area contributed by atoms with Crippen molar-refractivity contribution in [3.05, 3.63) is 110 Å². The minimum absolute atomic E-state index is 0. The topological polar surface area (TPSA) is 12.0 Å². The molecule has 1 aliphatic carbocycles. The van der Waals surface area contributed by atoms with Crippen LogP contribution in [0.15, 0.2) is 93.4 Å². The Balaban J connectivity index is 0.00000216. The van der Waals surface area contributed by atoms with E-state index in [0.717, 1.165) is 0 Å². The smallest absolute Gasteiger partial charge is 0.147 e. The minimum Gasteiger partial charge on any atom is -0.147 e. The molecule has 4 rings (SSSR count). The molecule has 0 saturated heterocycles. The summed E-state index contributed by atoms with van der Waals surface area (Å²) >= 11 is -2.00. The van der Waals surface area contributed by atoms with Crippen molar-refractivity contribution >= 4 is 47.5 Å². The average Bonchev–Trinajstić information content (AvgIpc) is 2.99. The summed E-state index contributed by atoms with van der Waals surface area (Å²) in [6.45, 7) is 14.7. The molecule has 35 heavy (non-hydrogen) atoms. The minimum atomic E-state index is -2.00. The van der Waals surface area contributed by atoms with Gasteiger partial charge in [-0.25, -0.2) is 0 Å². The van der Waals surface area contributed by atoms with Crippen LogP contribution in [0, 0.1) is 26.7 Å². The van der Waals surface area contributed by atoms with Crippen LogP contribution < -0.4 is 14.2 Å². The molecule has 3 aromatic rings. The summed E-state index contributed by atoms with van der Waals surface area (Å²) < 4.78 is 6.07. The molecule has 0 saturated carbocycles. The van der Waals surface area contributed by atoms with E-state index in [1.165, 1.54) is 28.0 Å². The second-order valence-electron chi connectivity index (χ2n) is 9.64. The van der Waals surface area contributed by atoms with Crippen LogP contribution in [0.25, 0.3) is 0 Å². The van der Waals surface area contributed by atoms with E-state index in [0.29, 0.717) is 5.92 Å². The number of halogens is 2. The predicted octanol–water partition coefficient (Wildman–Crippen LogP) is 7.20. The second-order valence-corrected chi connectivity index (χ2v) is 19.4. The van der Waals surface area contributed by atoms with Crippen LogP contribution in [0.1, 0.15) is 44.4 Å². The van der Waals surface area contributed by atoms with E-state index in [2.05, 4.69) is 125 Å². The van der Waals surface area contributed by atoms with E-state index in [1.807, 2.05) is 0 Å². The zero-order valence-electron chi connectivity index (χ0n) is 21.9. The molecule has 1 aliphatic rings. The van der Waals surface area contributed by atoms with Gasteiger partial charge in [-0.1, -0.05) is 0 Å². The van der Waals surface area contributed by atoms with E-state index < -0.39 is 24.0 Å². The maximum Gasteiger partial charge on any atom is -0.147 e. The quantitative estimate of drug-likeness (QED) is 0.315. The molecule has 1 unspecified atom stereocenters. The zero-order chi connectivity index (χ0) is 23.7. The molecule has 1 N–H and O–H groups in total. The summed E-state index contributed by atoms with van der Waals surface area (Å²) in [5, 5.41) is 3.12. The van der Waals surface area contributed by atoms with Gasteiger partial charge < -0.3 is 0 Å². The Morgan fingerprint density at radius 2 is 1.14 bits per heavy atom. The fourth-order valence-electron chi connectivity index (χ4n) is 5.42. The van der Waals surface area contributed by atoms with Crippen molar-refractivity contribution in [1.29, 1.82) is 0 Å². The van der Waals surface area contributed by atoms with Crippen LogP contribution in [-0.4, -0.2) is 6.66 Å². The molecule has 3 aromatic carbocycles. The van der Waals surface area contributed by atoms with Gasteiger partial charge in [0.1, 0.15) is 0 Å². The Kier molecular flexibility index (Phi) is 10.7. The third-order valence-corrected chi connectivity index (χ3v) is 20.8. The maximum absolute atomic E-state index is 4.33. The number of hydrogen-bond acceptors (Lipinski definition) is 1. The largest absolute Gasteiger partial charge is 0.147 e. The van der Waals surface area contributed by atoms with Gasteiger partial charge in [0.05, 0.1) is 0 Å². The molecule has 5 heteroatoms. The van der Waals surface area contributed by atoms with Crippen molar-refractivity contribution < 1.29 is 17.4 Å². The number of allylic oxidation sites excluding steroid dienone is 4. The van der Waals surface area contributed by atoms with Crippen LogP contribution in [0.5, 0.6) is 0 Å². The second kappa shape index (κ2) is 12.6. The Morgan fingerprint density at radius 3 is 1.54 bits per heavy atom. The molecular weight excluding hydrogens is 521 g/mol. The van der Waals surface area contributed by atoms with Crippen LogP contribution in [-0.2, 0) is 17.4 Å². The summed E-state index contributed by atoms with van der Waals surface area (Å²) in [5.41, 5.74) is 10.1. The molecule has 185 valence electrons. The Labute approximate surface area is 231 Å². The van der Waals surface area contributed by atoms with E-state index in [1.54, 1.807) is 25.4 Å². The van der Waals surface area contributed by atoms with Gasteiger partial charge in [-0.2, -0.15) is 0 Å². The van der Waals surface area contributed by atoms with Gasteiger partial charge in [0.15, 0.2) is 0 Å². The van der Waals surface area contributed by atoms with Gasteiger partial charge in [-0.3, -0.25) is 0 Å². The first-order valence-electron chi connectivity index (χ1n) is 12.0. The molecule has 0 aromatic heterocycles. The third-order valence-electron chi connectivity index (χ3n) is 7.42. The monoisotopic (exact) mass is 558 g/mol.